The summed E-state index contributed by atoms with van der Waals surface area (Å²) in [6.07, 6.45) is 8.58. The minimum atomic E-state index is -0.168. The summed E-state index contributed by atoms with van der Waals surface area (Å²) in [5.41, 5.74) is 0. The Morgan fingerprint density at radius 1 is 1.18 bits per heavy atom. The van der Waals surface area contributed by atoms with E-state index in [-0.39, 0.29) is 28.9 Å². The van der Waals surface area contributed by atoms with Crippen LogP contribution in [-0.4, -0.2) is 41.6 Å². The molecular weight excluding hydrogens is 293 g/mol. The van der Waals surface area contributed by atoms with Crippen molar-refractivity contribution in [1.82, 2.24) is 4.90 Å². The van der Waals surface area contributed by atoms with E-state index in [1.165, 1.54) is 37.0 Å². The monoisotopic (exact) mass is 323 g/mol. The normalized spacial score (nSPS) is 21.4. The zero-order chi connectivity index (χ0) is 16.5. The van der Waals surface area contributed by atoms with Crippen molar-refractivity contribution in [3.05, 3.63) is 0 Å². The summed E-state index contributed by atoms with van der Waals surface area (Å²) in [7, 11) is 5.78. The maximum absolute atomic E-state index is 12.4. The first-order chi connectivity index (χ1) is 10.5. The molecule has 1 rings (SSSR count). The molecule has 3 unspecified atom stereocenters. The lowest BCUT2D eigenvalue weighted by atomic mass is 9.84. The van der Waals surface area contributed by atoms with E-state index in [1.54, 1.807) is 11.8 Å². The van der Waals surface area contributed by atoms with Crippen LogP contribution in [0.2, 0.25) is 5.82 Å². The first kappa shape index (κ1) is 19.6. The van der Waals surface area contributed by atoms with Gasteiger partial charge in [-0.2, -0.15) is 0 Å². The van der Waals surface area contributed by atoms with Gasteiger partial charge in [-0.25, -0.2) is 0 Å². The van der Waals surface area contributed by atoms with E-state index in [0.717, 1.165) is 12.2 Å². The highest BCUT2D eigenvalue weighted by atomic mass is 32.2. The summed E-state index contributed by atoms with van der Waals surface area (Å²) in [6.45, 7) is 6.04. The fraction of sp³-hybridized carbons (Fsp3) is 0.882. The van der Waals surface area contributed by atoms with Gasteiger partial charge in [0, 0.05) is 12.5 Å². The molecule has 1 aliphatic rings. The molecule has 0 aromatic rings. The van der Waals surface area contributed by atoms with Crippen molar-refractivity contribution in [3.63, 3.8) is 0 Å². The molecule has 0 aromatic carbocycles. The first-order valence-electron chi connectivity index (χ1n) is 8.70. The van der Waals surface area contributed by atoms with E-state index < -0.39 is 0 Å². The summed E-state index contributed by atoms with van der Waals surface area (Å²) in [5, 5.41) is -0.168. The van der Waals surface area contributed by atoms with Gasteiger partial charge < -0.3 is 0 Å². The number of carbonyl (C=O) groups excluding carboxylic acids is 2. The number of carbonyl (C=O) groups is 2. The van der Waals surface area contributed by atoms with E-state index in [2.05, 4.69) is 6.92 Å². The van der Waals surface area contributed by atoms with Crippen molar-refractivity contribution in [2.45, 2.75) is 89.2 Å². The van der Waals surface area contributed by atoms with E-state index >= 15 is 0 Å². The van der Waals surface area contributed by atoms with Crippen LogP contribution >= 0.6 is 11.8 Å². The van der Waals surface area contributed by atoms with E-state index in [4.69, 9.17) is 7.85 Å². The quantitative estimate of drug-likeness (QED) is 0.328. The Bertz CT molecular complexity index is 363. The second kappa shape index (κ2) is 10.4. The van der Waals surface area contributed by atoms with E-state index in [9.17, 15) is 9.59 Å². The van der Waals surface area contributed by atoms with Gasteiger partial charge in [-0.05, 0) is 25.5 Å². The molecule has 2 amide bonds. The molecule has 0 aromatic heterocycles. The molecule has 2 radical (unpaired) electrons. The molecule has 5 heteroatoms. The highest BCUT2D eigenvalue weighted by Crippen LogP contribution is 2.29. The number of hydrogen-bond donors (Lipinski definition) is 0. The summed E-state index contributed by atoms with van der Waals surface area (Å²) < 4.78 is 0. The lowest BCUT2D eigenvalue weighted by Gasteiger charge is -2.24. The minimum absolute atomic E-state index is 0.00502. The lowest BCUT2D eigenvalue weighted by molar-refractivity contribution is -0.140. The van der Waals surface area contributed by atoms with Gasteiger partial charge in [0.2, 0.25) is 11.8 Å². The average Bonchev–Trinajstić information content (AvgIpc) is 2.71. The second-order valence-electron chi connectivity index (χ2n) is 6.50. The van der Waals surface area contributed by atoms with Gasteiger partial charge in [-0.3, -0.25) is 14.5 Å². The summed E-state index contributed by atoms with van der Waals surface area (Å²) in [6, 6.07) is -0.0837. The minimum Gasteiger partial charge on any atom is -0.279 e. The number of amides is 2. The van der Waals surface area contributed by atoms with Gasteiger partial charge in [0.05, 0.1) is 13.1 Å². The maximum Gasteiger partial charge on any atom is 0.243 e. The van der Waals surface area contributed by atoms with Crippen LogP contribution in [0.4, 0.5) is 0 Å². The largest absolute Gasteiger partial charge is 0.279 e. The molecule has 0 spiro atoms. The third-order valence-electron chi connectivity index (χ3n) is 4.11. The van der Waals surface area contributed by atoms with Crippen molar-refractivity contribution in [3.8, 4) is 0 Å². The summed E-state index contributed by atoms with van der Waals surface area (Å²) in [4.78, 5) is 25.9. The first-order valence-corrected chi connectivity index (χ1v) is 9.75. The van der Waals surface area contributed by atoms with Crippen LogP contribution in [0, 0.1) is 0 Å². The van der Waals surface area contributed by atoms with Gasteiger partial charge in [0.25, 0.3) is 0 Å². The number of imide groups is 1. The van der Waals surface area contributed by atoms with E-state index in [1.807, 2.05) is 13.8 Å². The zero-order valence-corrected chi connectivity index (χ0v) is 15.2. The van der Waals surface area contributed by atoms with Crippen molar-refractivity contribution in [2.24, 2.45) is 0 Å². The highest BCUT2D eigenvalue weighted by Gasteiger charge is 2.40. The van der Waals surface area contributed by atoms with Crippen molar-refractivity contribution in [1.29, 1.82) is 0 Å². The Balaban J connectivity index is 2.29. The third-order valence-corrected chi connectivity index (χ3v) is 5.41. The Morgan fingerprint density at radius 3 is 2.45 bits per heavy atom. The topological polar surface area (TPSA) is 37.4 Å². The number of nitrogens with zero attached hydrogens (tertiary/aromatic N) is 1. The number of thioether (sulfide) groups is 1. The third kappa shape index (κ3) is 6.35. The average molecular weight is 323 g/mol. The Kier molecular flexibility index (Phi) is 9.22. The molecule has 0 N–H and O–H groups in total. The molecule has 3 atom stereocenters. The van der Waals surface area contributed by atoms with Crippen molar-refractivity contribution < 1.29 is 9.59 Å². The number of rotatable bonds is 11. The SMILES string of the molecule is [B]C(C)CC(C)N1C(=O)CC(SCCCCCCCC)C1=O. The summed E-state index contributed by atoms with van der Waals surface area (Å²) >= 11 is 1.66. The Morgan fingerprint density at radius 2 is 1.82 bits per heavy atom. The predicted octanol–water partition coefficient (Wildman–Crippen LogP) is 3.96. The molecule has 1 saturated heterocycles. The fourth-order valence-corrected chi connectivity index (χ4v) is 4.14. The van der Waals surface area contributed by atoms with Gasteiger partial charge in [0.15, 0.2) is 0 Å². The molecule has 1 fully saturated rings. The van der Waals surface area contributed by atoms with Crippen LogP contribution in [-0.2, 0) is 9.59 Å². The number of unbranched alkanes of at least 4 members (excludes halogenated alkanes) is 5. The van der Waals surface area contributed by atoms with Gasteiger partial charge in [-0.15, -0.1) is 11.8 Å². The van der Waals surface area contributed by atoms with Gasteiger partial charge >= 0.3 is 0 Å². The van der Waals surface area contributed by atoms with Crippen LogP contribution < -0.4 is 0 Å². The Labute approximate surface area is 141 Å². The predicted molar refractivity (Wildman–Crippen MR) is 95.3 cm³/mol. The van der Waals surface area contributed by atoms with E-state index in [0.29, 0.717) is 12.8 Å². The van der Waals surface area contributed by atoms with Crippen LogP contribution in [0.5, 0.6) is 0 Å². The number of hydrogen-bond acceptors (Lipinski definition) is 3. The van der Waals surface area contributed by atoms with Gasteiger partial charge in [-0.1, -0.05) is 51.8 Å². The zero-order valence-electron chi connectivity index (χ0n) is 14.3. The Hall–Kier alpha value is -0.445. The summed E-state index contributed by atoms with van der Waals surface area (Å²) in [5.74, 6) is 0.948. The van der Waals surface area contributed by atoms with Crippen molar-refractivity contribution in [2.75, 3.05) is 5.75 Å². The molecular formula is C17H30BNO2S. The second-order valence-corrected chi connectivity index (χ2v) is 7.81. The molecule has 0 aliphatic carbocycles. The molecule has 0 saturated carbocycles. The van der Waals surface area contributed by atoms with Crippen LogP contribution in [0.15, 0.2) is 0 Å². The van der Waals surface area contributed by atoms with Crippen LogP contribution in [0.1, 0.15) is 72.1 Å². The molecule has 124 valence electrons. The smallest absolute Gasteiger partial charge is 0.243 e. The van der Waals surface area contributed by atoms with Crippen molar-refractivity contribution >= 4 is 31.4 Å². The lowest BCUT2D eigenvalue weighted by Crippen LogP contribution is -2.39. The van der Waals surface area contributed by atoms with Gasteiger partial charge in [0.1, 0.15) is 0 Å². The van der Waals surface area contributed by atoms with Crippen LogP contribution in [0.25, 0.3) is 0 Å². The number of likely N-dealkylation sites (tertiary alicyclic amines) is 1. The molecule has 0 bridgehead atoms. The standard InChI is InChI=1S/C17H30BNO2S/c1-4-5-6-7-8-9-10-22-15-12-16(20)19(17(15)21)14(3)11-13(2)18/h13-15H,4-12H2,1-3H3. The molecule has 3 nitrogen and oxygen atoms in total. The highest BCUT2D eigenvalue weighted by molar-refractivity contribution is 8.00. The fourth-order valence-electron chi connectivity index (χ4n) is 2.97. The van der Waals surface area contributed by atoms with Crippen LogP contribution in [0.3, 0.4) is 0 Å². The maximum atomic E-state index is 12.4. The molecule has 1 heterocycles. The molecule has 22 heavy (non-hydrogen) atoms. The molecule has 1 aliphatic heterocycles.